The van der Waals surface area contributed by atoms with Gasteiger partial charge in [0.2, 0.25) is 0 Å². The van der Waals surface area contributed by atoms with Gasteiger partial charge in [-0.25, -0.2) is 0 Å². The van der Waals surface area contributed by atoms with Crippen LogP contribution in [-0.4, -0.2) is 29.6 Å². The number of nitrogens with one attached hydrogen (secondary N) is 1. The van der Waals surface area contributed by atoms with E-state index in [2.05, 4.69) is 36.2 Å². The van der Waals surface area contributed by atoms with E-state index in [0.29, 0.717) is 0 Å². The van der Waals surface area contributed by atoms with Crippen molar-refractivity contribution in [2.24, 2.45) is 0 Å². The molecule has 0 spiro atoms. The summed E-state index contributed by atoms with van der Waals surface area (Å²) in [5, 5.41) is 3.68. The van der Waals surface area contributed by atoms with E-state index in [-0.39, 0.29) is 0 Å². The molecule has 2 atom stereocenters. The lowest BCUT2D eigenvalue weighted by Gasteiger charge is -2.49. The topological polar surface area (TPSA) is 15.3 Å². The Morgan fingerprint density at radius 3 is 2.58 bits per heavy atom. The molecule has 0 saturated carbocycles. The first-order chi connectivity index (χ1) is 9.26. The second kappa shape index (κ2) is 5.94. The Kier molecular flexibility index (Phi) is 4.25. The molecule has 0 aromatic carbocycles. The summed E-state index contributed by atoms with van der Waals surface area (Å²) in [6.45, 7) is 6.75. The predicted octanol–water partition coefficient (Wildman–Crippen LogP) is 3.55. The lowest BCUT2D eigenvalue weighted by atomic mass is 9.81. The van der Waals surface area contributed by atoms with E-state index in [1.807, 2.05) is 11.3 Å². The molecule has 2 saturated heterocycles. The average Bonchev–Trinajstić information content (AvgIpc) is 2.76. The predicted molar refractivity (Wildman–Crippen MR) is 82.7 cm³/mol. The van der Waals surface area contributed by atoms with E-state index < -0.39 is 0 Å². The van der Waals surface area contributed by atoms with Crippen LogP contribution >= 0.6 is 11.3 Å². The molecule has 0 aliphatic carbocycles. The summed E-state index contributed by atoms with van der Waals surface area (Å²) in [7, 11) is 0. The SMILES string of the molecule is CCNC1CC2CCCC(C1)N2Cc1ccc(C)s1. The normalized spacial score (nSPS) is 31.6. The molecule has 1 aromatic heterocycles. The number of hydrogen-bond donors (Lipinski definition) is 1. The van der Waals surface area contributed by atoms with Gasteiger partial charge in [-0.2, -0.15) is 0 Å². The molecule has 2 aliphatic heterocycles. The monoisotopic (exact) mass is 278 g/mol. The van der Waals surface area contributed by atoms with Crippen LogP contribution in [-0.2, 0) is 6.54 Å². The molecule has 2 nitrogen and oxygen atoms in total. The first-order valence-electron chi connectivity index (χ1n) is 7.80. The lowest BCUT2D eigenvalue weighted by Crippen LogP contribution is -2.55. The average molecular weight is 278 g/mol. The third-order valence-electron chi connectivity index (χ3n) is 4.75. The molecule has 19 heavy (non-hydrogen) atoms. The summed E-state index contributed by atoms with van der Waals surface area (Å²) in [6.07, 6.45) is 6.96. The number of fused-ring (bicyclic) bond motifs is 2. The van der Waals surface area contributed by atoms with Crippen molar-refractivity contribution in [1.29, 1.82) is 0 Å². The van der Waals surface area contributed by atoms with Gasteiger partial charge in [-0.05, 0) is 51.3 Å². The number of rotatable bonds is 4. The Labute approximate surface area is 121 Å². The summed E-state index contributed by atoms with van der Waals surface area (Å²) in [5.41, 5.74) is 0. The molecule has 0 amide bonds. The number of thiophene rings is 1. The van der Waals surface area contributed by atoms with Crippen molar-refractivity contribution in [3.63, 3.8) is 0 Å². The van der Waals surface area contributed by atoms with E-state index in [4.69, 9.17) is 0 Å². The summed E-state index contributed by atoms with van der Waals surface area (Å²) < 4.78 is 0. The van der Waals surface area contributed by atoms with Crippen molar-refractivity contribution in [3.05, 3.63) is 21.9 Å². The van der Waals surface area contributed by atoms with Gasteiger partial charge >= 0.3 is 0 Å². The number of nitrogens with zero attached hydrogens (tertiary/aromatic N) is 1. The van der Waals surface area contributed by atoms with Gasteiger partial charge in [-0.3, -0.25) is 4.90 Å². The van der Waals surface area contributed by atoms with Crippen LogP contribution in [0.25, 0.3) is 0 Å². The largest absolute Gasteiger partial charge is 0.314 e. The maximum atomic E-state index is 3.68. The smallest absolute Gasteiger partial charge is 0.0333 e. The highest BCUT2D eigenvalue weighted by Crippen LogP contribution is 2.35. The van der Waals surface area contributed by atoms with Gasteiger partial charge in [0, 0.05) is 34.4 Å². The van der Waals surface area contributed by atoms with Gasteiger partial charge in [0.05, 0.1) is 0 Å². The molecule has 1 aromatic rings. The van der Waals surface area contributed by atoms with Crippen LogP contribution in [0.3, 0.4) is 0 Å². The lowest BCUT2D eigenvalue weighted by molar-refractivity contribution is 0.0188. The molecule has 2 aliphatic rings. The quantitative estimate of drug-likeness (QED) is 0.906. The van der Waals surface area contributed by atoms with Gasteiger partial charge in [0.15, 0.2) is 0 Å². The number of aryl methyl sites for hydroxylation is 1. The Balaban J connectivity index is 1.68. The Bertz CT molecular complexity index is 401. The highest BCUT2D eigenvalue weighted by Gasteiger charge is 2.37. The molecule has 2 fully saturated rings. The second-order valence-corrected chi connectivity index (χ2v) is 7.52. The first kappa shape index (κ1) is 13.6. The molecule has 1 N–H and O–H groups in total. The van der Waals surface area contributed by atoms with Crippen LogP contribution in [0.5, 0.6) is 0 Å². The minimum atomic E-state index is 0.765. The van der Waals surface area contributed by atoms with Crippen LogP contribution in [0.4, 0.5) is 0 Å². The Morgan fingerprint density at radius 2 is 2.00 bits per heavy atom. The van der Waals surface area contributed by atoms with E-state index in [9.17, 15) is 0 Å². The maximum Gasteiger partial charge on any atom is 0.0333 e. The minimum absolute atomic E-state index is 0.765. The molecule has 2 bridgehead atoms. The van der Waals surface area contributed by atoms with E-state index in [0.717, 1.165) is 24.7 Å². The molecule has 0 radical (unpaired) electrons. The Morgan fingerprint density at radius 1 is 1.26 bits per heavy atom. The zero-order valence-electron chi connectivity index (χ0n) is 12.2. The second-order valence-electron chi connectivity index (χ2n) is 6.15. The first-order valence-corrected chi connectivity index (χ1v) is 8.62. The van der Waals surface area contributed by atoms with Crippen molar-refractivity contribution in [3.8, 4) is 0 Å². The maximum absolute atomic E-state index is 3.68. The number of piperidine rings is 2. The fourth-order valence-electron chi connectivity index (χ4n) is 3.94. The highest BCUT2D eigenvalue weighted by molar-refractivity contribution is 7.11. The molecular formula is C16H26N2S. The standard InChI is InChI=1S/C16H26N2S/c1-3-17-13-9-14-5-4-6-15(10-13)18(14)11-16-8-7-12(2)19-16/h7-8,13-15,17H,3-6,9-11H2,1-2H3. The molecule has 106 valence electrons. The summed E-state index contributed by atoms with van der Waals surface area (Å²) >= 11 is 1.97. The van der Waals surface area contributed by atoms with Crippen LogP contribution in [0.15, 0.2) is 12.1 Å². The van der Waals surface area contributed by atoms with Gasteiger partial charge in [-0.1, -0.05) is 13.3 Å². The van der Waals surface area contributed by atoms with Crippen molar-refractivity contribution in [2.45, 2.75) is 70.6 Å². The zero-order chi connectivity index (χ0) is 13.2. The van der Waals surface area contributed by atoms with Crippen molar-refractivity contribution in [2.75, 3.05) is 6.54 Å². The molecule has 3 heterocycles. The van der Waals surface area contributed by atoms with Gasteiger partial charge < -0.3 is 5.32 Å². The van der Waals surface area contributed by atoms with Crippen LogP contribution in [0, 0.1) is 6.92 Å². The summed E-state index contributed by atoms with van der Waals surface area (Å²) in [4.78, 5) is 5.81. The van der Waals surface area contributed by atoms with Crippen molar-refractivity contribution < 1.29 is 0 Å². The minimum Gasteiger partial charge on any atom is -0.314 e. The van der Waals surface area contributed by atoms with E-state index in [1.54, 1.807) is 4.88 Å². The van der Waals surface area contributed by atoms with E-state index >= 15 is 0 Å². The molecule has 3 heteroatoms. The van der Waals surface area contributed by atoms with E-state index in [1.165, 1.54) is 43.5 Å². The van der Waals surface area contributed by atoms with Crippen molar-refractivity contribution in [1.82, 2.24) is 10.2 Å². The summed E-state index contributed by atoms with van der Waals surface area (Å²) in [6, 6.07) is 6.99. The van der Waals surface area contributed by atoms with Gasteiger partial charge in [0.1, 0.15) is 0 Å². The number of hydrogen-bond acceptors (Lipinski definition) is 3. The highest BCUT2D eigenvalue weighted by atomic mass is 32.1. The van der Waals surface area contributed by atoms with Crippen molar-refractivity contribution >= 4 is 11.3 Å². The van der Waals surface area contributed by atoms with Crippen LogP contribution in [0.2, 0.25) is 0 Å². The molecule has 3 rings (SSSR count). The molecular weight excluding hydrogens is 252 g/mol. The van der Waals surface area contributed by atoms with Gasteiger partial charge in [-0.15, -0.1) is 11.3 Å². The zero-order valence-corrected chi connectivity index (χ0v) is 13.0. The van der Waals surface area contributed by atoms with Crippen LogP contribution < -0.4 is 5.32 Å². The van der Waals surface area contributed by atoms with Crippen LogP contribution in [0.1, 0.15) is 48.8 Å². The fourth-order valence-corrected chi connectivity index (χ4v) is 4.84. The third kappa shape index (κ3) is 3.04. The van der Waals surface area contributed by atoms with Gasteiger partial charge in [0.25, 0.3) is 0 Å². The molecule has 2 unspecified atom stereocenters. The Hall–Kier alpha value is -0.380. The summed E-state index contributed by atoms with van der Waals surface area (Å²) in [5.74, 6) is 0. The fraction of sp³-hybridized carbons (Fsp3) is 0.750. The third-order valence-corrected chi connectivity index (χ3v) is 5.74.